The third-order valence-corrected chi connectivity index (χ3v) is 4.68. The van der Waals surface area contributed by atoms with Crippen LogP contribution in [0.5, 0.6) is 0 Å². The summed E-state index contributed by atoms with van der Waals surface area (Å²) in [7, 11) is 0. The van der Waals surface area contributed by atoms with Gasteiger partial charge >= 0.3 is 0 Å². The molecule has 1 aromatic heterocycles. The highest BCUT2D eigenvalue weighted by Crippen LogP contribution is 2.57. The van der Waals surface area contributed by atoms with E-state index in [1.807, 2.05) is 0 Å². The van der Waals surface area contributed by atoms with E-state index < -0.39 is 0 Å². The van der Waals surface area contributed by atoms with Crippen molar-refractivity contribution in [3.8, 4) is 0 Å². The van der Waals surface area contributed by atoms with E-state index in [2.05, 4.69) is 53.6 Å². The van der Waals surface area contributed by atoms with Gasteiger partial charge in [-0.05, 0) is 23.0 Å². The summed E-state index contributed by atoms with van der Waals surface area (Å²) >= 11 is 0. The van der Waals surface area contributed by atoms with Crippen molar-refractivity contribution in [1.29, 1.82) is 0 Å². The molecular weight excluding hydrogens is 250 g/mol. The fraction of sp³-hybridized carbons (Fsp3) is 0.500. The maximum absolute atomic E-state index is 5.55. The van der Waals surface area contributed by atoms with Crippen molar-refractivity contribution in [3.63, 3.8) is 0 Å². The van der Waals surface area contributed by atoms with Gasteiger partial charge in [0.1, 0.15) is 0 Å². The zero-order valence-electron chi connectivity index (χ0n) is 11.9. The Morgan fingerprint density at radius 1 is 1.30 bits per heavy atom. The predicted octanol–water partition coefficient (Wildman–Crippen LogP) is 2.82. The van der Waals surface area contributed by atoms with Gasteiger partial charge in [-0.3, -0.25) is 0 Å². The van der Waals surface area contributed by atoms with E-state index in [4.69, 9.17) is 4.52 Å². The fourth-order valence-corrected chi connectivity index (χ4v) is 3.15. The molecular formula is C16H19N3O. The van der Waals surface area contributed by atoms with Crippen molar-refractivity contribution in [2.75, 3.05) is 6.54 Å². The lowest BCUT2D eigenvalue weighted by atomic mass is 9.91. The van der Waals surface area contributed by atoms with Gasteiger partial charge in [0, 0.05) is 19.0 Å². The molecule has 4 heteroatoms. The quantitative estimate of drug-likeness (QED) is 0.910. The zero-order valence-corrected chi connectivity index (χ0v) is 11.9. The smallest absolute Gasteiger partial charge is 0.235 e. The maximum atomic E-state index is 5.55. The van der Waals surface area contributed by atoms with E-state index in [-0.39, 0.29) is 5.92 Å². The number of nitrogens with one attached hydrogen (secondary N) is 1. The van der Waals surface area contributed by atoms with Crippen LogP contribution in [0.4, 0.5) is 0 Å². The van der Waals surface area contributed by atoms with Gasteiger partial charge in [-0.25, -0.2) is 0 Å². The number of benzene rings is 1. The summed E-state index contributed by atoms with van der Waals surface area (Å²) in [6, 6.07) is 8.49. The SMILES string of the molecule is CC1(C)CC1c1noc(C2CNCc3ccccc32)n1. The van der Waals surface area contributed by atoms with Crippen molar-refractivity contribution in [2.24, 2.45) is 5.41 Å². The Balaban J connectivity index is 1.66. The highest BCUT2D eigenvalue weighted by molar-refractivity contribution is 5.36. The molecule has 1 N–H and O–H groups in total. The fourth-order valence-electron chi connectivity index (χ4n) is 3.15. The number of aromatic nitrogens is 2. The van der Waals surface area contributed by atoms with Crippen LogP contribution >= 0.6 is 0 Å². The van der Waals surface area contributed by atoms with Gasteiger partial charge in [0.15, 0.2) is 5.82 Å². The maximum Gasteiger partial charge on any atom is 0.235 e. The Morgan fingerprint density at radius 2 is 2.10 bits per heavy atom. The van der Waals surface area contributed by atoms with Gasteiger partial charge in [-0.2, -0.15) is 4.98 Å². The van der Waals surface area contributed by atoms with Crippen molar-refractivity contribution in [3.05, 3.63) is 47.1 Å². The molecule has 2 heterocycles. The van der Waals surface area contributed by atoms with E-state index in [1.54, 1.807) is 0 Å². The summed E-state index contributed by atoms with van der Waals surface area (Å²) in [5, 5.41) is 7.64. The topological polar surface area (TPSA) is 51.0 Å². The Hall–Kier alpha value is -1.68. The van der Waals surface area contributed by atoms with Crippen LogP contribution in [0.25, 0.3) is 0 Å². The Kier molecular flexibility index (Phi) is 2.51. The van der Waals surface area contributed by atoms with Gasteiger partial charge in [0.05, 0.1) is 5.92 Å². The first-order chi connectivity index (χ1) is 9.65. The molecule has 4 nitrogen and oxygen atoms in total. The molecule has 4 rings (SSSR count). The summed E-state index contributed by atoms with van der Waals surface area (Å²) in [6.45, 7) is 6.30. The molecule has 2 unspecified atom stereocenters. The molecule has 2 aromatic rings. The van der Waals surface area contributed by atoms with E-state index in [0.29, 0.717) is 11.3 Å². The molecule has 1 saturated carbocycles. The highest BCUT2D eigenvalue weighted by atomic mass is 16.5. The second-order valence-corrected chi connectivity index (χ2v) is 6.62. The van der Waals surface area contributed by atoms with Crippen LogP contribution in [0, 0.1) is 5.41 Å². The summed E-state index contributed by atoms with van der Waals surface area (Å²) in [5.41, 5.74) is 2.98. The van der Waals surface area contributed by atoms with Crippen LogP contribution in [0.3, 0.4) is 0 Å². The van der Waals surface area contributed by atoms with Crippen molar-refractivity contribution in [1.82, 2.24) is 15.5 Å². The molecule has 2 aliphatic rings. The van der Waals surface area contributed by atoms with Crippen LogP contribution in [-0.4, -0.2) is 16.7 Å². The summed E-state index contributed by atoms with van der Waals surface area (Å²) < 4.78 is 5.55. The molecule has 1 fully saturated rings. The molecule has 20 heavy (non-hydrogen) atoms. The molecule has 0 amide bonds. The third kappa shape index (κ3) is 1.86. The standard InChI is InChI=1S/C16H19N3O/c1-16(2)7-13(16)14-18-15(20-19-14)12-9-17-8-10-5-3-4-6-11(10)12/h3-6,12-13,17H,7-9H2,1-2H3. The zero-order chi connectivity index (χ0) is 13.7. The minimum atomic E-state index is 0.183. The monoisotopic (exact) mass is 269 g/mol. The van der Waals surface area contributed by atoms with Gasteiger partial charge in [0.25, 0.3) is 0 Å². The number of hydrogen-bond acceptors (Lipinski definition) is 4. The van der Waals surface area contributed by atoms with E-state index >= 15 is 0 Å². The van der Waals surface area contributed by atoms with E-state index in [1.165, 1.54) is 11.1 Å². The lowest BCUT2D eigenvalue weighted by Gasteiger charge is -2.23. The van der Waals surface area contributed by atoms with Gasteiger partial charge < -0.3 is 9.84 Å². The first-order valence-electron chi connectivity index (χ1n) is 7.27. The molecule has 1 aliphatic heterocycles. The Morgan fingerprint density at radius 3 is 2.90 bits per heavy atom. The Bertz CT molecular complexity index is 647. The van der Waals surface area contributed by atoms with E-state index in [9.17, 15) is 0 Å². The number of nitrogens with zero attached hydrogens (tertiary/aromatic N) is 2. The van der Waals surface area contributed by atoms with Crippen molar-refractivity contribution >= 4 is 0 Å². The number of fused-ring (bicyclic) bond motifs is 1. The largest absolute Gasteiger partial charge is 0.339 e. The average Bonchev–Trinajstić information content (AvgIpc) is 2.89. The van der Waals surface area contributed by atoms with Gasteiger partial charge in [-0.15, -0.1) is 0 Å². The summed E-state index contributed by atoms with van der Waals surface area (Å²) in [6.07, 6.45) is 1.16. The van der Waals surface area contributed by atoms with Crippen LogP contribution in [0.2, 0.25) is 0 Å². The number of rotatable bonds is 2. The number of hydrogen-bond donors (Lipinski definition) is 1. The highest BCUT2D eigenvalue weighted by Gasteiger charge is 2.49. The molecule has 0 radical (unpaired) electrons. The lowest BCUT2D eigenvalue weighted by molar-refractivity contribution is 0.351. The van der Waals surface area contributed by atoms with Crippen molar-refractivity contribution < 1.29 is 4.52 Å². The minimum Gasteiger partial charge on any atom is -0.339 e. The Labute approximate surface area is 118 Å². The second kappa shape index (κ2) is 4.16. The van der Waals surface area contributed by atoms with Gasteiger partial charge in [0.2, 0.25) is 5.89 Å². The van der Waals surface area contributed by atoms with Crippen LogP contribution in [0.15, 0.2) is 28.8 Å². The summed E-state index contributed by atoms with van der Waals surface area (Å²) in [5.74, 6) is 2.28. The molecule has 0 bridgehead atoms. The first-order valence-corrected chi connectivity index (χ1v) is 7.27. The van der Waals surface area contributed by atoms with Crippen LogP contribution < -0.4 is 5.32 Å². The van der Waals surface area contributed by atoms with Gasteiger partial charge in [-0.1, -0.05) is 43.3 Å². The van der Waals surface area contributed by atoms with Crippen LogP contribution in [0.1, 0.15) is 54.9 Å². The molecule has 2 atom stereocenters. The predicted molar refractivity (Wildman–Crippen MR) is 75.4 cm³/mol. The minimum absolute atomic E-state index is 0.183. The average molecular weight is 269 g/mol. The van der Waals surface area contributed by atoms with Crippen LogP contribution in [-0.2, 0) is 6.54 Å². The lowest BCUT2D eigenvalue weighted by Crippen LogP contribution is -2.28. The summed E-state index contributed by atoms with van der Waals surface area (Å²) in [4.78, 5) is 4.67. The molecule has 0 spiro atoms. The van der Waals surface area contributed by atoms with Crippen molar-refractivity contribution in [2.45, 2.75) is 38.6 Å². The third-order valence-electron chi connectivity index (χ3n) is 4.68. The molecule has 104 valence electrons. The molecule has 1 aliphatic carbocycles. The first kappa shape index (κ1) is 12.1. The molecule has 0 saturated heterocycles. The normalized spacial score (nSPS) is 27.1. The second-order valence-electron chi connectivity index (χ2n) is 6.62. The molecule has 1 aromatic carbocycles. The van der Waals surface area contributed by atoms with E-state index in [0.717, 1.165) is 31.2 Å².